The third-order valence-electron chi connectivity index (χ3n) is 2.05. The van der Waals surface area contributed by atoms with Gasteiger partial charge in [-0.2, -0.15) is 0 Å². The van der Waals surface area contributed by atoms with Crippen molar-refractivity contribution < 1.29 is 14.4 Å². The van der Waals surface area contributed by atoms with Gasteiger partial charge in [-0.1, -0.05) is 0 Å². The van der Waals surface area contributed by atoms with Crippen LogP contribution in [0.25, 0.3) is 0 Å². The molecule has 0 bridgehead atoms. The van der Waals surface area contributed by atoms with Gasteiger partial charge in [0.15, 0.2) is 6.17 Å². The third kappa shape index (κ3) is 1.48. The lowest BCUT2D eigenvalue weighted by atomic mass is 10.4. The zero-order chi connectivity index (χ0) is 10.9. The summed E-state index contributed by atoms with van der Waals surface area (Å²) in [6.07, 6.45) is -0.910. The predicted molar refractivity (Wildman–Crippen MR) is 47.3 cm³/mol. The molecule has 0 unspecified atom stereocenters. The van der Waals surface area contributed by atoms with E-state index in [2.05, 4.69) is 10.6 Å². The van der Waals surface area contributed by atoms with Crippen LogP contribution >= 0.6 is 0 Å². The number of likely N-dealkylation sites (N-methyl/N-ethyl adjacent to an activating group) is 2. The maximum atomic E-state index is 11.4. The summed E-state index contributed by atoms with van der Waals surface area (Å²) < 4.78 is 0. The van der Waals surface area contributed by atoms with Crippen LogP contribution in [0.2, 0.25) is 0 Å². The summed E-state index contributed by atoms with van der Waals surface area (Å²) >= 11 is 0. The lowest BCUT2D eigenvalue weighted by Gasteiger charge is -2.21. The average molecular weight is 200 g/mol. The van der Waals surface area contributed by atoms with Crippen molar-refractivity contribution in [1.29, 1.82) is 0 Å². The Morgan fingerprint density at radius 2 is 2.14 bits per heavy atom. The molecule has 0 aliphatic carbocycles. The Balaban J connectivity index is 2.76. The van der Waals surface area contributed by atoms with Crippen molar-refractivity contribution in [3.63, 3.8) is 0 Å². The van der Waals surface area contributed by atoms with Crippen molar-refractivity contribution in [3.8, 4) is 0 Å². The minimum absolute atomic E-state index is 0.432. The fourth-order valence-corrected chi connectivity index (χ4v) is 1.12. The molecule has 14 heavy (non-hydrogen) atoms. The summed E-state index contributed by atoms with van der Waals surface area (Å²) in [4.78, 5) is 35.7. The molecule has 78 valence electrons. The highest BCUT2D eigenvalue weighted by Gasteiger charge is 2.39. The smallest absolute Gasteiger partial charge is 0.325 e. The molecule has 0 aromatic heterocycles. The van der Waals surface area contributed by atoms with Crippen LogP contribution in [-0.2, 0) is 4.79 Å². The Morgan fingerprint density at radius 3 is 2.50 bits per heavy atom. The summed E-state index contributed by atoms with van der Waals surface area (Å²) in [5, 5.41) is 4.73. The topological polar surface area (TPSA) is 81.8 Å². The zero-order valence-corrected chi connectivity index (χ0v) is 8.20. The van der Waals surface area contributed by atoms with E-state index in [1.165, 1.54) is 21.1 Å². The fourth-order valence-electron chi connectivity index (χ4n) is 1.12. The molecule has 0 radical (unpaired) electrons. The normalized spacial score (nSPS) is 20.8. The van der Waals surface area contributed by atoms with E-state index in [-0.39, 0.29) is 0 Å². The minimum Gasteiger partial charge on any atom is -0.341 e. The van der Waals surface area contributed by atoms with Gasteiger partial charge in [0, 0.05) is 21.1 Å². The van der Waals surface area contributed by atoms with Gasteiger partial charge in [0.1, 0.15) is 0 Å². The molecule has 1 rings (SSSR count). The summed E-state index contributed by atoms with van der Waals surface area (Å²) in [5.74, 6) is -0.443. The zero-order valence-electron chi connectivity index (χ0n) is 8.20. The van der Waals surface area contributed by atoms with E-state index in [0.29, 0.717) is 0 Å². The van der Waals surface area contributed by atoms with Crippen LogP contribution in [0.15, 0.2) is 0 Å². The minimum atomic E-state index is -0.910. The maximum absolute atomic E-state index is 11.4. The standard InChI is InChI=1S/C7H12N4O3/c1-8-6(13)10(2)4-5(12)11(3)7(14)9-4/h4H,1-3H3,(H,8,13)(H,9,14)/t4-/m0/s1. The molecular weight excluding hydrogens is 188 g/mol. The molecule has 1 fully saturated rings. The monoisotopic (exact) mass is 200 g/mol. The number of amides is 5. The average Bonchev–Trinajstić information content (AvgIpc) is 2.43. The highest BCUT2D eigenvalue weighted by molar-refractivity contribution is 6.04. The predicted octanol–water partition coefficient (Wildman–Crippen LogP) is -1.23. The highest BCUT2D eigenvalue weighted by Crippen LogP contribution is 2.06. The van der Waals surface area contributed by atoms with Gasteiger partial charge in [0.05, 0.1) is 0 Å². The maximum Gasteiger partial charge on any atom is 0.325 e. The lowest BCUT2D eigenvalue weighted by Crippen LogP contribution is -2.50. The molecule has 1 atom stereocenters. The number of rotatable bonds is 1. The van der Waals surface area contributed by atoms with Crippen LogP contribution in [0.5, 0.6) is 0 Å². The van der Waals surface area contributed by atoms with E-state index in [1.54, 1.807) is 0 Å². The van der Waals surface area contributed by atoms with Crippen LogP contribution in [0.4, 0.5) is 9.59 Å². The summed E-state index contributed by atoms with van der Waals surface area (Å²) in [6, 6.07) is -0.935. The Hall–Kier alpha value is -1.79. The fraction of sp³-hybridized carbons (Fsp3) is 0.571. The Kier molecular flexibility index (Phi) is 2.59. The number of nitrogens with one attached hydrogen (secondary N) is 2. The first-order chi connectivity index (χ1) is 6.49. The van der Waals surface area contributed by atoms with Gasteiger partial charge in [-0.05, 0) is 0 Å². The van der Waals surface area contributed by atoms with Crippen molar-refractivity contribution in [1.82, 2.24) is 20.4 Å². The third-order valence-corrected chi connectivity index (χ3v) is 2.05. The molecule has 0 aromatic carbocycles. The van der Waals surface area contributed by atoms with Crippen molar-refractivity contribution >= 4 is 18.0 Å². The molecule has 0 saturated carbocycles. The largest absolute Gasteiger partial charge is 0.341 e. The van der Waals surface area contributed by atoms with Crippen molar-refractivity contribution in [2.75, 3.05) is 21.1 Å². The lowest BCUT2D eigenvalue weighted by molar-refractivity contribution is -0.129. The van der Waals surface area contributed by atoms with E-state index in [1.807, 2.05) is 0 Å². The summed E-state index contributed by atoms with van der Waals surface area (Å²) in [6.45, 7) is 0. The second-order valence-electron chi connectivity index (χ2n) is 2.92. The van der Waals surface area contributed by atoms with Gasteiger partial charge in [0.25, 0.3) is 5.91 Å². The SMILES string of the molecule is CNC(=O)N(C)[C@@H]1NC(=O)N(C)C1=O. The number of hydrogen-bond acceptors (Lipinski definition) is 3. The van der Waals surface area contributed by atoms with E-state index >= 15 is 0 Å². The number of urea groups is 2. The highest BCUT2D eigenvalue weighted by atomic mass is 16.2. The Morgan fingerprint density at radius 1 is 1.57 bits per heavy atom. The molecular formula is C7H12N4O3. The van der Waals surface area contributed by atoms with Crippen molar-refractivity contribution in [2.24, 2.45) is 0 Å². The molecule has 1 aliphatic rings. The molecule has 5 amide bonds. The number of carbonyl (C=O) groups excluding carboxylic acids is 3. The molecule has 1 aliphatic heterocycles. The summed E-state index contributed by atoms with van der Waals surface area (Å²) in [7, 11) is 4.24. The molecule has 7 heteroatoms. The molecule has 1 heterocycles. The quantitative estimate of drug-likeness (QED) is 0.520. The number of carbonyl (C=O) groups is 3. The van der Waals surface area contributed by atoms with Crippen LogP contribution in [0.3, 0.4) is 0 Å². The van der Waals surface area contributed by atoms with E-state index < -0.39 is 24.1 Å². The van der Waals surface area contributed by atoms with Crippen molar-refractivity contribution in [3.05, 3.63) is 0 Å². The first kappa shape index (κ1) is 10.3. The first-order valence-electron chi connectivity index (χ1n) is 4.01. The van der Waals surface area contributed by atoms with Crippen LogP contribution in [0.1, 0.15) is 0 Å². The van der Waals surface area contributed by atoms with Crippen LogP contribution in [-0.4, -0.2) is 55.1 Å². The van der Waals surface area contributed by atoms with Gasteiger partial charge in [0.2, 0.25) is 0 Å². The van der Waals surface area contributed by atoms with Crippen LogP contribution < -0.4 is 10.6 Å². The van der Waals surface area contributed by atoms with Crippen molar-refractivity contribution in [2.45, 2.75) is 6.17 Å². The van der Waals surface area contributed by atoms with E-state index in [9.17, 15) is 14.4 Å². The van der Waals surface area contributed by atoms with Gasteiger partial charge in [-0.3, -0.25) is 14.6 Å². The molecule has 1 saturated heterocycles. The van der Waals surface area contributed by atoms with E-state index in [0.717, 1.165) is 9.80 Å². The second-order valence-corrected chi connectivity index (χ2v) is 2.92. The number of imide groups is 1. The van der Waals surface area contributed by atoms with Gasteiger partial charge in [-0.25, -0.2) is 9.59 Å². The Bertz CT molecular complexity index is 291. The Labute approximate surface area is 81.0 Å². The molecule has 0 aromatic rings. The van der Waals surface area contributed by atoms with Gasteiger partial charge in [-0.15, -0.1) is 0 Å². The summed E-state index contributed by atoms with van der Waals surface area (Å²) in [5.41, 5.74) is 0. The number of hydrogen-bond donors (Lipinski definition) is 2. The molecule has 7 nitrogen and oxygen atoms in total. The molecule has 2 N–H and O–H groups in total. The van der Waals surface area contributed by atoms with Gasteiger partial charge < -0.3 is 10.6 Å². The molecule has 0 spiro atoms. The second kappa shape index (κ2) is 3.52. The van der Waals surface area contributed by atoms with Crippen LogP contribution in [0, 0.1) is 0 Å². The van der Waals surface area contributed by atoms with E-state index in [4.69, 9.17) is 0 Å². The van der Waals surface area contributed by atoms with Gasteiger partial charge >= 0.3 is 12.1 Å². The first-order valence-corrected chi connectivity index (χ1v) is 4.01. The number of nitrogens with zero attached hydrogens (tertiary/aromatic N) is 2.